The second-order valence-electron chi connectivity index (χ2n) is 4.10. The Morgan fingerprint density at radius 3 is 2.33 bits per heavy atom. The minimum Gasteiger partial charge on any atom is -0.465 e. The molecular weight excluding hydrogens is 252 g/mol. The molecule has 0 unspecified atom stereocenters. The Bertz CT molecular complexity index is 377. The van der Waals surface area contributed by atoms with Gasteiger partial charge in [-0.05, 0) is 39.3 Å². The van der Waals surface area contributed by atoms with Crippen LogP contribution < -0.4 is 0 Å². The van der Waals surface area contributed by atoms with Crippen molar-refractivity contribution in [3.05, 3.63) is 29.8 Å². The van der Waals surface area contributed by atoms with Crippen LogP contribution >= 0.6 is 11.8 Å². The molecule has 0 saturated carbocycles. The molecule has 104 valence electrons. The lowest BCUT2D eigenvalue weighted by atomic mass is 10.2. The summed E-state index contributed by atoms with van der Waals surface area (Å²) in [6, 6.07) is 8.05. The first kappa shape index (κ1) is 19.3. The van der Waals surface area contributed by atoms with Crippen LogP contribution in [0.15, 0.2) is 29.2 Å². The van der Waals surface area contributed by atoms with Crippen LogP contribution in [0.25, 0.3) is 0 Å². The van der Waals surface area contributed by atoms with Crippen molar-refractivity contribution < 1.29 is 20.5 Å². The number of carbonyl (C=O) groups excluding carboxylic acids is 1. The van der Waals surface area contributed by atoms with Crippen LogP contribution in [0.3, 0.4) is 0 Å². The van der Waals surface area contributed by atoms with E-state index in [1.807, 2.05) is 52.0 Å². The van der Waals surface area contributed by atoms with Crippen LogP contribution in [-0.4, -0.2) is 28.3 Å². The summed E-state index contributed by atoms with van der Waals surface area (Å²) in [6.45, 7) is 8.08. The molecule has 0 atom stereocenters. The highest BCUT2D eigenvalue weighted by molar-refractivity contribution is 8.01. The van der Waals surface area contributed by atoms with Gasteiger partial charge in [0.05, 0.1) is 6.61 Å². The van der Waals surface area contributed by atoms with E-state index in [0.717, 1.165) is 4.90 Å². The van der Waals surface area contributed by atoms with E-state index in [2.05, 4.69) is 0 Å². The van der Waals surface area contributed by atoms with Crippen LogP contribution in [0.5, 0.6) is 0 Å². The third-order valence-electron chi connectivity index (χ3n) is 2.23. The zero-order valence-electron chi connectivity index (χ0n) is 11.2. The Morgan fingerprint density at radius 2 is 1.83 bits per heavy atom. The van der Waals surface area contributed by atoms with Gasteiger partial charge in [-0.2, -0.15) is 0 Å². The molecule has 4 nitrogen and oxygen atoms in total. The van der Waals surface area contributed by atoms with Gasteiger partial charge in [0.15, 0.2) is 0 Å². The number of hydrogen-bond donors (Lipinski definition) is 0. The van der Waals surface area contributed by atoms with Crippen molar-refractivity contribution in [3.63, 3.8) is 0 Å². The summed E-state index contributed by atoms with van der Waals surface area (Å²) in [5, 5.41) is 0. The van der Waals surface area contributed by atoms with Gasteiger partial charge in [-0.15, -0.1) is 11.8 Å². The SMILES string of the molecule is CCOC(=O)C(C)(C)Sc1ccccc1C.O.O. The summed E-state index contributed by atoms with van der Waals surface area (Å²) < 4.78 is 4.52. The molecule has 0 amide bonds. The molecule has 0 fully saturated rings. The number of ether oxygens (including phenoxy) is 1. The summed E-state index contributed by atoms with van der Waals surface area (Å²) >= 11 is 1.55. The molecule has 1 aromatic carbocycles. The lowest BCUT2D eigenvalue weighted by Gasteiger charge is -2.22. The monoisotopic (exact) mass is 274 g/mol. The summed E-state index contributed by atoms with van der Waals surface area (Å²) in [5.74, 6) is -0.164. The first-order chi connectivity index (χ1) is 7.47. The zero-order valence-corrected chi connectivity index (χ0v) is 12.1. The Morgan fingerprint density at radius 1 is 1.28 bits per heavy atom. The van der Waals surface area contributed by atoms with E-state index >= 15 is 0 Å². The van der Waals surface area contributed by atoms with Crippen LogP contribution in [0.1, 0.15) is 26.3 Å². The average molecular weight is 274 g/mol. The first-order valence-corrected chi connectivity index (χ1v) is 6.21. The average Bonchev–Trinajstić information content (AvgIpc) is 2.21. The molecule has 1 aromatic rings. The van der Waals surface area contributed by atoms with Gasteiger partial charge in [0, 0.05) is 4.90 Å². The zero-order chi connectivity index (χ0) is 12.2. The van der Waals surface area contributed by atoms with Crippen LogP contribution in [0, 0.1) is 6.92 Å². The van der Waals surface area contributed by atoms with Gasteiger partial charge in [0.2, 0.25) is 0 Å². The fourth-order valence-corrected chi connectivity index (χ4v) is 2.36. The second kappa shape index (κ2) is 8.13. The molecule has 4 N–H and O–H groups in total. The van der Waals surface area contributed by atoms with E-state index in [9.17, 15) is 4.79 Å². The van der Waals surface area contributed by atoms with Crippen LogP contribution in [0.2, 0.25) is 0 Å². The molecule has 0 aliphatic heterocycles. The quantitative estimate of drug-likeness (QED) is 0.619. The molecule has 1 rings (SSSR count). The molecule has 0 radical (unpaired) electrons. The standard InChI is InChI=1S/C13H18O2S.2H2O/c1-5-15-12(14)13(3,4)16-11-9-7-6-8-10(11)2;;/h6-9H,5H2,1-4H3;2*1H2. The van der Waals surface area contributed by atoms with Crippen molar-refractivity contribution in [2.75, 3.05) is 6.61 Å². The molecule has 0 aliphatic rings. The van der Waals surface area contributed by atoms with Gasteiger partial charge in [-0.3, -0.25) is 4.79 Å². The Labute approximate surface area is 112 Å². The van der Waals surface area contributed by atoms with Gasteiger partial charge in [0.1, 0.15) is 4.75 Å². The van der Waals surface area contributed by atoms with Crippen LogP contribution in [-0.2, 0) is 9.53 Å². The number of thioether (sulfide) groups is 1. The maximum atomic E-state index is 11.7. The van der Waals surface area contributed by atoms with Crippen molar-refractivity contribution in [2.24, 2.45) is 0 Å². The number of esters is 1. The first-order valence-electron chi connectivity index (χ1n) is 5.39. The van der Waals surface area contributed by atoms with E-state index in [-0.39, 0.29) is 16.9 Å². The second-order valence-corrected chi connectivity index (χ2v) is 5.76. The van der Waals surface area contributed by atoms with Crippen molar-refractivity contribution in [1.29, 1.82) is 0 Å². The van der Waals surface area contributed by atoms with Crippen molar-refractivity contribution in [1.82, 2.24) is 0 Å². The third kappa shape index (κ3) is 5.08. The summed E-state index contributed by atoms with van der Waals surface area (Å²) in [6.07, 6.45) is 0. The maximum absolute atomic E-state index is 11.7. The summed E-state index contributed by atoms with van der Waals surface area (Å²) in [5.41, 5.74) is 1.19. The highest BCUT2D eigenvalue weighted by atomic mass is 32.2. The number of rotatable bonds is 4. The number of hydrogen-bond acceptors (Lipinski definition) is 3. The van der Waals surface area contributed by atoms with Gasteiger partial charge in [-0.1, -0.05) is 18.2 Å². The topological polar surface area (TPSA) is 89.3 Å². The van der Waals surface area contributed by atoms with Crippen molar-refractivity contribution in [3.8, 4) is 0 Å². The minimum atomic E-state index is -0.540. The van der Waals surface area contributed by atoms with Gasteiger partial charge < -0.3 is 15.7 Å². The van der Waals surface area contributed by atoms with Gasteiger partial charge >= 0.3 is 5.97 Å². The molecule has 0 bridgehead atoms. The molecule has 5 heteroatoms. The predicted molar refractivity (Wildman–Crippen MR) is 75.0 cm³/mol. The Kier molecular flexibility index (Phi) is 8.72. The largest absolute Gasteiger partial charge is 0.465 e. The summed E-state index contributed by atoms with van der Waals surface area (Å²) in [7, 11) is 0. The smallest absolute Gasteiger partial charge is 0.321 e. The molecule has 0 aromatic heterocycles. The molecule has 0 spiro atoms. The van der Waals surface area contributed by atoms with E-state index in [1.54, 1.807) is 11.8 Å². The molecule has 0 saturated heterocycles. The highest BCUT2D eigenvalue weighted by Crippen LogP contribution is 2.35. The lowest BCUT2D eigenvalue weighted by molar-refractivity contribution is -0.145. The van der Waals surface area contributed by atoms with E-state index in [4.69, 9.17) is 4.74 Å². The predicted octanol–water partition coefficient (Wildman–Crippen LogP) is 1.78. The highest BCUT2D eigenvalue weighted by Gasteiger charge is 2.30. The van der Waals surface area contributed by atoms with Crippen molar-refractivity contribution >= 4 is 17.7 Å². The molecule has 0 heterocycles. The normalized spacial score (nSPS) is 10.0. The Balaban J connectivity index is 0. The maximum Gasteiger partial charge on any atom is 0.321 e. The molecule has 0 aliphatic carbocycles. The summed E-state index contributed by atoms with van der Waals surface area (Å²) in [4.78, 5) is 12.9. The van der Waals surface area contributed by atoms with Crippen LogP contribution in [0.4, 0.5) is 0 Å². The van der Waals surface area contributed by atoms with Crippen molar-refractivity contribution in [2.45, 2.75) is 37.3 Å². The Hall–Kier alpha value is -1.04. The van der Waals surface area contributed by atoms with E-state index in [1.165, 1.54) is 5.56 Å². The fourth-order valence-electron chi connectivity index (χ4n) is 1.29. The van der Waals surface area contributed by atoms with E-state index < -0.39 is 4.75 Å². The molecule has 18 heavy (non-hydrogen) atoms. The van der Waals surface area contributed by atoms with E-state index in [0.29, 0.717) is 6.61 Å². The third-order valence-corrected chi connectivity index (χ3v) is 3.58. The lowest BCUT2D eigenvalue weighted by Crippen LogP contribution is -2.30. The van der Waals surface area contributed by atoms with Gasteiger partial charge in [-0.25, -0.2) is 0 Å². The number of benzene rings is 1. The molecular formula is C13H22O4S. The minimum absolute atomic E-state index is 0. The number of carbonyl (C=O) groups is 1. The fraction of sp³-hybridized carbons (Fsp3) is 0.462. The van der Waals surface area contributed by atoms with Gasteiger partial charge in [0.25, 0.3) is 0 Å². The number of aryl methyl sites for hydroxylation is 1.